The van der Waals surface area contributed by atoms with E-state index in [2.05, 4.69) is 49.4 Å². The van der Waals surface area contributed by atoms with Gasteiger partial charge in [-0.05, 0) is 62.2 Å². The number of aromatic nitrogens is 3. The van der Waals surface area contributed by atoms with E-state index >= 15 is 0 Å². The fourth-order valence-corrected chi connectivity index (χ4v) is 3.12. The summed E-state index contributed by atoms with van der Waals surface area (Å²) in [4.78, 5) is 15.5. The van der Waals surface area contributed by atoms with Crippen LogP contribution in [-0.2, 0) is 6.42 Å². The lowest BCUT2D eigenvalue weighted by Crippen LogP contribution is -2.21. The highest BCUT2D eigenvalue weighted by atomic mass is 15.1. The molecule has 0 unspecified atom stereocenters. The van der Waals surface area contributed by atoms with Crippen molar-refractivity contribution in [2.24, 2.45) is 0 Å². The van der Waals surface area contributed by atoms with Crippen LogP contribution in [-0.4, -0.2) is 39.5 Å². The highest BCUT2D eigenvalue weighted by molar-refractivity contribution is 5.72. The summed E-state index contributed by atoms with van der Waals surface area (Å²) >= 11 is 0. The monoisotopic (exact) mass is 319 g/mol. The van der Waals surface area contributed by atoms with Gasteiger partial charge in [-0.15, -0.1) is 0 Å². The van der Waals surface area contributed by atoms with E-state index in [1.807, 2.05) is 12.1 Å². The van der Waals surface area contributed by atoms with Gasteiger partial charge in [-0.1, -0.05) is 12.1 Å². The normalized spacial score (nSPS) is 15.0. The van der Waals surface area contributed by atoms with E-state index in [4.69, 9.17) is 0 Å². The molecule has 1 fully saturated rings. The molecule has 5 heteroatoms. The third kappa shape index (κ3) is 3.51. The summed E-state index contributed by atoms with van der Waals surface area (Å²) in [5.41, 5.74) is 3.88. The Morgan fingerprint density at radius 3 is 2.54 bits per heavy atom. The molecule has 24 heavy (non-hydrogen) atoms. The molecular formula is C19H21N5. The zero-order chi connectivity index (χ0) is 16.2. The van der Waals surface area contributed by atoms with Crippen LogP contribution in [0.15, 0.2) is 48.8 Å². The number of anilines is 2. The van der Waals surface area contributed by atoms with Crippen molar-refractivity contribution in [2.75, 3.05) is 25.0 Å². The van der Waals surface area contributed by atoms with Crippen LogP contribution in [0.5, 0.6) is 0 Å². The van der Waals surface area contributed by atoms with Crippen molar-refractivity contribution in [1.82, 2.24) is 19.9 Å². The van der Waals surface area contributed by atoms with Gasteiger partial charge in [0.15, 0.2) is 5.65 Å². The molecule has 0 saturated carbocycles. The van der Waals surface area contributed by atoms with Crippen LogP contribution in [0.4, 0.5) is 11.5 Å². The van der Waals surface area contributed by atoms with E-state index in [0.717, 1.165) is 30.0 Å². The number of rotatable bonds is 5. The highest BCUT2D eigenvalue weighted by Crippen LogP contribution is 2.18. The minimum atomic E-state index is 0.657. The first-order valence-electron chi connectivity index (χ1n) is 8.53. The summed E-state index contributed by atoms with van der Waals surface area (Å²) in [6.07, 6.45) is 7.16. The third-order valence-corrected chi connectivity index (χ3v) is 4.47. The van der Waals surface area contributed by atoms with E-state index in [9.17, 15) is 0 Å². The SMILES string of the molecule is c1cnc2nc(Nc3ccc(CCN4CCCC4)cc3)ccc2n1. The number of pyridine rings is 1. The first-order valence-corrected chi connectivity index (χ1v) is 8.53. The second kappa shape index (κ2) is 6.93. The first kappa shape index (κ1) is 15.0. The maximum absolute atomic E-state index is 4.49. The van der Waals surface area contributed by atoms with Crippen molar-refractivity contribution >= 4 is 22.7 Å². The minimum Gasteiger partial charge on any atom is -0.340 e. The topological polar surface area (TPSA) is 53.9 Å². The van der Waals surface area contributed by atoms with Gasteiger partial charge in [0, 0.05) is 24.6 Å². The summed E-state index contributed by atoms with van der Waals surface area (Å²) in [6.45, 7) is 3.68. The third-order valence-electron chi connectivity index (χ3n) is 4.47. The molecule has 1 aliphatic heterocycles. The molecule has 3 heterocycles. The molecule has 0 radical (unpaired) electrons. The smallest absolute Gasteiger partial charge is 0.180 e. The standard InChI is InChI=1S/C19H21N5/c1-2-13-24(12-1)14-9-15-3-5-16(6-4-15)22-18-8-7-17-19(23-18)21-11-10-20-17/h3-8,10-11H,1-2,9,12-14H2,(H,21,22,23). The van der Waals surface area contributed by atoms with E-state index in [-0.39, 0.29) is 0 Å². The molecule has 0 atom stereocenters. The van der Waals surface area contributed by atoms with Gasteiger partial charge in [0.1, 0.15) is 11.3 Å². The number of benzene rings is 1. The van der Waals surface area contributed by atoms with E-state index in [0.29, 0.717) is 5.65 Å². The summed E-state index contributed by atoms with van der Waals surface area (Å²) in [5.74, 6) is 0.785. The zero-order valence-corrected chi connectivity index (χ0v) is 13.7. The number of hydrogen-bond acceptors (Lipinski definition) is 5. The quantitative estimate of drug-likeness (QED) is 0.781. The van der Waals surface area contributed by atoms with Crippen molar-refractivity contribution in [2.45, 2.75) is 19.3 Å². The van der Waals surface area contributed by atoms with Gasteiger partial charge in [-0.3, -0.25) is 4.98 Å². The number of nitrogens with zero attached hydrogens (tertiary/aromatic N) is 4. The molecule has 0 amide bonds. The number of likely N-dealkylation sites (tertiary alicyclic amines) is 1. The largest absolute Gasteiger partial charge is 0.340 e. The molecule has 5 nitrogen and oxygen atoms in total. The fourth-order valence-electron chi connectivity index (χ4n) is 3.12. The van der Waals surface area contributed by atoms with Gasteiger partial charge in [-0.25, -0.2) is 9.97 Å². The Hall–Kier alpha value is -2.53. The van der Waals surface area contributed by atoms with Gasteiger partial charge in [0.25, 0.3) is 0 Å². The van der Waals surface area contributed by atoms with Crippen LogP contribution in [0, 0.1) is 0 Å². The van der Waals surface area contributed by atoms with Crippen molar-refractivity contribution in [1.29, 1.82) is 0 Å². The maximum atomic E-state index is 4.49. The van der Waals surface area contributed by atoms with Crippen LogP contribution >= 0.6 is 0 Å². The van der Waals surface area contributed by atoms with Gasteiger partial charge in [-0.2, -0.15) is 0 Å². The number of hydrogen-bond donors (Lipinski definition) is 1. The Morgan fingerprint density at radius 2 is 1.71 bits per heavy atom. The Kier molecular flexibility index (Phi) is 4.34. The van der Waals surface area contributed by atoms with Gasteiger partial charge >= 0.3 is 0 Å². The van der Waals surface area contributed by atoms with E-state index in [1.165, 1.54) is 31.5 Å². The van der Waals surface area contributed by atoms with Crippen LogP contribution in [0.25, 0.3) is 11.2 Å². The number of nitrogens with one attached hydrogen (secondary N) is 1. The molecule has 4 rings (SSSR count). The molecule has 2 aromatic heterocycles. The van der Waals surface area contributed by atoms with Gasteiger partial charge in [0.05, 0.1) is 0 Å². The molecule has 0 aliphatic carbocycles. The van der Waals surface area contributed by atoms with Crippen molar-refractivity contribution in [3.05, 3.63) is 54.4 Å². The Morgan fingerprint density at radius 1 is 0.917 bits per heavy atom. The van der Waals surface area contributed by atoms with Crippen LogP contribution in [0.2, 0.25) is 0 Å². The lowest BCUT2D eigenvalue weighted by atomic mass is 10.1. The Balaban J connectivity index is 1.40. The molecule has 1 aliphatic rings. The zero-order valence-electron chi connectivity index (χ0n) is 13.7. The lowest BCUT2D eigenvalue weighted by molar-refractivity contribution is 0.343. The molecular weight excluding hydrogens is 298 g/mol. The average Bonchev–Trinajstić information content (AvgIpc) is 3.15. The van der Waals surface area contributed by atoms with Gasteiger partial charge in [0.2, 0.25) is 0 Å². The molecule has 1 aromatic carbocycles. The second-order valence-corrected chi connectivity index (χ2v) is 6.22. The van der Waals surface area contributed by atoms with Crippen LogP contribution in [0.3, 0.4) is 0 Å². The predicted octanol–water partition coefficient (Wildman–Crippen LogP) is 3.41. The lowest BCUT2D eigenvalue weighted by Gasteiger charge is -2.14. The molecule has 1 N–H and O–H groups in total. The fraction of sp³-hybridized carbons (Fsp3) is 0.316. The van der Waals surface area contributed by atoms with Crippen molar-refractivity contribution < 1.29 is 0 Å². The summed E-state index contributed by atoms with van der Waals surface area (Å²) in [6, 6.07) is 12.5. The second-order valence-electron chi connectivity index (χ2n) is 6.22. The van der Waals surface area contributed by atoms with Gasteiger partial charge < -0.3 is 10.2 Å². The minimum absolute atomic E-state index is 0.657. The number of fused-ring (bicyclic) bond motifs is 1. The Labute approximate surface area is 141 Å². The highest BCUT2D eigenvalue weighted by Gasteiger charge is 2.10. The molecule has 122 valence electrons. The summed E-state index contributed by atoms with van der Waals surface area (Å²) < 4.78 is 0. The molecule has 0 spiro atoms. The summed E-state index contributed by atoms with van der Waals surface area (Å²) in [5, 5.41) is 3.33. The maximum Gasteiger partial charge on any atom is 0.180 e. The Bertz CT molecular complexity index is 809. The molecule has 3 aromatic rings. The molecule has 0 bridgehead atoms. The molecule has 1 saturated heterocycles. The van der Waals surface area contributed by atoms with E-state index in [1.54, 1.807) is 12.4 Å². The van der Waals surface area contributed by atoms with E-state index < -0.39 is 0 Å². The average molecular weight is 319 g/mol. The predicted molar refractivity (Wildman–Crippen MR) is 96.4 cm³/mol. The van der Waals surface area contributed by atoms with Crippen LogP contribution in [0.1, 0.15) is 18.4 Å². The first-order chi connectivity index (χ1) is 11.9. The van der Waals surface area contributed by atoms with Crippen LogP contribution < -0.4 is 5.32 Å². The van der Waals surface area contributed by atoms with Crippen molar-refractivity contribution in [3.63, 3.8) is 0 Å². The summed E-state index contributed by atoms with van der Waals surface area (Å²) in [7, 11) is 0. The van der Waals surface area contributed by atoms with Crippen molar-refractivity contribution in [3.8, 4) is 0 Å².